The van der Waals surface area contributed by atoms with Crippen molar-refractivity contribution in [1.29, 1.82) is 0 Å². The number of benzene rings is 1. The number of hydrogen-bond acceptors (Lipinski definition) is 6. The molecule has 0 aromatic heterocycles. The van der Waals surface area contributed by atoms with E-state index >= 15 is 0 Å². The van der Waals surface area contributed by atoms with Gasteiger partial charge in [-0.2, -0.15) is 0 Å². The molecule has 1 aromatic rings. The van der Waals surface area contributed by atoms with Gasteiger partial charge in [0.15, 0.2) is 10.3 Å². The number of ether oxygens (including phenoxy) is 2. The molecule has 0 radical (unpaired) electrons. The van der Waals surface area contributed by atoms with Gasteiger partial charge >= 0.3 is 29.6 Å². The summed E-state index contributed by atoms with van der Waals surface area (Å²) in [4.78, 5) is 2.02. The first-order valence-corrected chi connectivity index (χ1v) is 7.51. The van der Waals surface area contributed by atoms with Gasteiger partial charge in [0.05, 0.1) is 25.6 Å². The second-order valence-corrected chi connectivity index (χ2v) is 5.07. The summed E-state index contributed by atoms with van der Waals surface area (Å²) in [5.74, 6) is 0.716. The van der Waals surface area contributed by atoms with Crippen LogP contribution in [0.5, 0.6) is 11.5 Å². The summed E-state index contributed by atoms with van der Waals surface area (Å²) in [6, 6.07) is 3.07. The van der Waals surface area contributed by atoms with Crippen LogP contribution in [0.2, 0.25) is 0 Å². The first kappa shape index (κ1) is 20.3. The van der Waals surface area contributed by atoms with Gasteiger partial charge in [-0.15, -0.1) is 0 Å². The molecule has 21 heavy (non-hydrogen) atoms. The summed E-state index contributed by atoms with van der Waals surface area (Å²) in [6.07, 6.45) is 0. The number of nitrogens with zero attached hydrogens (tertiary/aromatic N) is 1. The maximum absolute atomic E-state index is 10.8. The van der Waals surface area contributed by atoms with Crippen molar-refractivity contribution in [2.45, 2.75) is 13.8 Å². The molecule has 7 nitrogen and oxygen atoms in total. The minimum absolute atomic E-state index is 0. The van der Waals surface area contributed by atoms with Crippen molar-refractivity contribution in [2.24, 2.45) is 0 Å². The van der Waals surface area contributed by atoms with Crippen molar-refractivity contribution in [1.82, 2.24) is 0 Å². The van der Waals surface area contributed by atoms with Crippen LogP contribution in [-0.4, -0.2) is 40.3 Å². The molecular formula is C12H19N2NaO5S. The molecular weight excluding hydrogens is 307 g/mol. The Balaban J connectivity index is 0.00000400. The molecule has 0 aliphatic carbocycles. The Labute approximate surface area is 147 Å². The molecule has 0 amide bonds. The molecule has 0 atom stereocenters. The van der Waals surface area contributed by atoms with Crippen molar-refractivity contribution >= 4 is 21.7 Å². The van der Waals surface area contributed by atoms with Gasteiger partial charge in [0.2, 0.25) is 0 Å². The summed E-state index contributed by atoms with van der Waals surface area (Å²) in [7, 11) is -1.75. The van der Waals surface area contributed by atoms with Crippen molar-refractivity contribution in [2.75, 3.05) is 36.9 Å². The smallest absolute Gasteiger partial charge is 0.731 e. The largest absolute Gasteiger partial charge is 1.00 e. The van der Waals surface area contributed by atoms with E-state index in [-0.39, 0.29) is 41.0 Å². The molecule has 0 aliphatic heterocycles. The molecule has 114 valence electrons. The Hall–Kier alpha value is -0.670. The van der Waals surface area contributed by atoms with Gasteiger partial charge in [-0.1, -0.05) is 0 Å². The van der Waals surface area contributed by atoms with E-state index in [1.54, 1.807) is 6.07 Å². The fourth-order valence-electron chi connectivity index (χ4n) is 1.91. The predicted molar refractivity (Wildman–Crippen MR) is 76.4 cm³/mol. The van der Waals surface area contributed by atoms with Gasteiger partial charge < -0.3 is 18.9 Å². The molecule has 0 saturated heterocycles. The summed E-state index contributed by atoms with van der Waals surface area (Å²) in [6.45, 7) is 5.48. The fourth-order valence-corrected chi connectivity index (χ4v) is 2.34. The zero-order valence-electron chi connectivity index (χ0n) is 13.0. The van der Waals surface area contributed by atoms with Crippen LogP contribution < -0.4 is 48.7 Å². The summed E-state index contributed by atoms with van der Waals surface area (Å²) >= 11 is 0. The van der Waals surface area contributed by atoms with E-state index in [1.807, 2.05) is 23.5 Å². The molecule has 0 spiro atoms. The molecule has 0 aliphatic rings. The van der Waals surface area contributed by atoms with E-state index in [4.69, 9.17) is 9.47 Å². The van der Waals surface area contributed by atoms with Crippen LogP contribution >= 0.6 is 0 Å². The topological polar surface area (TPSA) is 90.9 Å². The van der Waals surface area contributed by atoms with Gasteiger partial charge in [0, 0.05) is 25.2 Å². The average molecular weight is 326 g/mol. The first-order chi connectivity index (χ1) is 9.36. The second kappa shape index (κ2) is 8.70. The maximum Gasteiger partial charge on any atom is 1.00 e. The van der Waals surface area contributed by atoms with Gasteiger partial charge in [0.25, 0.3) is 0 Å². The number of nitrogens with one attached hydrogen (secondary N) is 1. The Morgan fingerprint density at radius 3 is 2.05 bits per heavy atom. The normalized spacial score (nSPS) is 10.5. The minimum atomic E-state index is -4.63. The van der Waals surface area contributed by atoms with Crippen LogP contribution in [0.4, 0.5) is 11.4 Å². The Morgan fingerprint density at radius 1 is 1.14 bits per heavy atom. The second-order valence-electron chi connectivity index (χ2n) is 3.95. The number of anilines is 2. The van der Waals surface area contributed by atoms with Crippen LogP contribution in [0.15, 0.2) is 12.1 Å². The first-order valence-electron chi connectivity index (χ1n) is 6.10. The molecule has 1 rings (SSSR count). The van der Waals surface area contributed by atoms with Gasteiger partial charge in [-0.25, -0.2) is 8.42 Å². The molecule has 9 heteroatoms. The molecule has 0 unspecified atom stereocenters. The number of rotatable bonds is 7. The van der Waals surface area contributed by atoms with Crippen LogP contribution in [-0.2, 0) is 10.3 Å². The van der Waals surface area contributed by atoms with Gasteiger partial charge in [0.1, 0.15) is 11.5 Å². The Bertz CT molecular complexity index is 561. The van der Waals surface area contributed by atoms with E-state index < -0.39 is 10.3 Å². The number of hydrogen-bond donors (Lipinski definition) is 1. The zero-order valence-corrected chi connectivity index (χ0v) is 15.8. The van der Waals surface area contributed by atoms with Crippen LogP contribution in [0, 0.1) is 0 Å². The van der Waals surface area contributed by atoms with E-state index in [0.29, 0.717) is 5.75 Å². The van der Waals surface area contributed by atoms with E-state index in [1.165, 1.54) is 20.3 Å². The molecule has 0 heterocycles. The summed E-state index contributed by atoms with van der Waals surface area (Å²) < 4.78 is 44.7. The number of methoxy groups -OCH3 is 2. The maximum atomic E-state index is 10.8. The van der Waals surface area contributed by atoms with Crippen LogP contribution in [0.25, 0.3) is 0 Å². The van der Waals surface area contributed by atoms with E-state index in [2.05, 4.69) is 0 Å². The average Bonchev–Trinajstić information content (AvgIpc) is 2.39. The van der Waals surface area contributed by atoms with Crippen molar-refractivity contribution in [3.63, 3.8) is 0 Å². The Kier molecular flexibility index (Phi) is 8.42. The Morgan fingerprint density at radius 2 is 1.67 bits per heavy atom. The third-order valence-electron chi connectivity index (χ3n) is 2.84. The van der Waals surface area contributed by atoms with Crippen LogP contribution in [0.3, 0.4) is 0 Å². The molecule has 1 N–H and O–H groups in total. The predicted octanol–water partition coefficient (Wildman–Crippen LogP) is -1.57. The molecule has 1 aromatic carbocycles. The fraction of sp³-hybridized carbons (Fsp3) is 0.500. The molecule has 0 saturated carbocycles. The van der Waals surface area contributed by atoms with Crippen molar-refractivity contribution < 1.29 is 52.0 Å². The van der Waals surface area contributed by atoms with Crippen LogP contribution in [0.1, 0.15) is 13.8 Å². The summed E-state index contributed by atoms with van der Waals surface area (Å²) in [5.41, 5.74) is 0.818. The summed E-state index contributed by atoms with van der Waals surface area (Å²) in [5, 5.41) is 0. The third kappa shape index (κ3) is 5.55. The van der Waals surface area contributed by atoms with Gasteiger partial charge in [-0.05, 0) is 13.8 Å². The SMILES string of the molecule is CCN(CC)c1cc(OC)c(NS(=O)(=O)[O-])cc1OC.[Na+]. The van der Waals surface area contributed by atoms with Crippen molar-refractivity contribution in [3.05, 3.63) is 12.1 Å². The third-order valence-corrected chi connectivity index (χ3v) is 3.31. The van der Waals surface area contributed by atoms with Crippen molar-refractivity contribution in [3.8, 4) is 11.5 Å². The molecule has 0 fully saturated rings. The minimum Gasteiger partial charge on any atom is -0.731 e. The van der Waals surface area contributed by atoms with Gasteiger partial charge in [-0.3, -0.25) is 4.72 Å². The quantitative estimate of drug-likeness (QED) is 0.481. The standard InChI is InChI=1S/C12H20N2O5S.Na/c1-5-14(6-2)10-8-11(18-3)9(7-12(10)19-4)13-20(15,16)17;/h7-8,13H,5-6H2,1-4H3,(H,15,16,17);/q;+1/p-1. The van der Waals surface area contributed by atoms with E-state index in [0.717, 1.165) is 18.8 Å². The molecule has 0 bridgehead atoms. The van der Waals surface area contributed by atoms with E-state index in [9.17, 15) is 13.0 Å². The monoisotopic (exact) mass is 326 g/mol. The zero-order chi connectivity index (χ0) is 15.3.